The van der Waals surface area contributed by atoms with Crippen LogP contribution in [0, 0.1) is 0 Å². The number of aromatic nitrogens is 3. The minimum Gasteiger partial charge on any atom is -0.484 e. The molecule has 0 spiro atoms. The van der Waals surface area contributed by atoms with E-state index >= 15 is 0 Å². The summed E-state index contributed by atoms with van der Waals surface area (Å²) in [5.41, 5.74) is 19.6. The van der Waals surface area contributed by atoms with E-state index in [2.05, 4.69) is 41.2 Å². The standard InChI is InChI=1S/C40H46ClN11O6/c41-26-12-14-28(15-13-26)58-22-35(53)49-34(19-27-21-45-23-48-27)39(57)52-33(17-24-7-2-1-3-8-24)38(56)50-31(11-6-16-46-40(43)44)37(55)51-32(36(42)54)18-25-20-47-30-10-5-4-9-29(25)30/h1-5,7-10,12-15,20-21,23,31-34,47H,6,11,16-19,22H2,(H2,42,54)(H,45,48)(H,49,53)(H,50,56)(H,51,55)(H,52,57)(H4,43,44,46)/t31-,32-,33-,34-/m0/s1. The van der Waals surface area contributed by atoms with Crippen LogP contribution in [0.2, 0.25) is 5.02 Å². The number of ether oxygens (including phenoxy) is 1. The van der Waals surface area contributed by atoms with Crippen LogP contribution in [0.3, 0.4) is 0 Å². The van der Waals surface area contributed by atoms with E-state index in [1.165, 1.54) is 12.5 Å². The van der Waals surface area contributed by atoms with Crippen molar-refractivity contribution in [3.8, 4) is 5.75 Å². The fraction of sp³-hybridized carbons (Fsp3) is 0.275. The molecule has 5 rings (SSSR count). The first-order chi connectivity index (χ1) is 27.9. The highest BCUT2D eigenvalue weighted by Gasteiger charge is 2.32. The molecule has 2 heterocycles. The lowest BCUT2D eigenvalue weighted by atomic mass is 10.0. The highest BCUT2D eigenvalue weighted by Crippen LogP contribution is 2.19. The summed E-state index contributed by atoms with van der Waals surface area (Å²) in [4.78, 5) is 81.9. The lowest BCUT2D eigenvalue weighted by molar-refractivity contribution is -0.134. The second-order valence-corrected chi connectivity index (χ2v) is 13.9. The number of hydrogen-bond donors (Lipinski definition) is 9. The van der Waals surface area contributed by atoms with Gasteiger partial charge in [0, 0.05) is 59.8 Å². The zero-order valence-electron chi connectivity index (χ0n) is 31.5. The molecule has 0 aliphatic rings. The van der Waals surface area contributed by atoms with Crippen LogP contribution in [-0.4, -0.2) is 87.8 Å². The number of H-pyrrole nitrogens is 2. The van der Waals surface area contributed by atoms with E-state index in [-0.39, 0.29) is 44.6 Å². The van der Waals surface area contributed by atoms with Gasteiger partial charge in [-0.1, -0.05) is 60.1 Å². The molecule has 0 bridgehead atoms. The van der Waals surface area contributed by atoms with Gasteiger partial charge in [-0.3, -0.25) is 29.0 Å². The molecule has 304 valence electrons. The van der Waals surface area contributed by atoms with Crippen LogP contribution in [0.5, 0.6) is 5.75 Å². The molecule has 2 aromatic heterocycles. The van der Waals surface area contributed by atoms with Gasteiger partial charge in [-0.15, -0.1) is 0 Å². The van der Waals surface area contributed by atoms with Gasteiger partial charge in [0.05, 0.1) is 6.33 Å². The zero-order chi connectivity index (χ0) is 41.4. The van der Waals surface area contributed by atoms with Crippen molar-refractivity contribution in [2.24, 2.45) is 22.2 Å². The SMILES string of the molecule is NC(=O)[C@H](Cc1c[nH]c2ccccc12)NC(=O)[C@H](CCCN=C(N)N)NC(=O)[C@H](Cc1ccccc1)NC(=O)[C@H](Cc1cnc[nH]1)NC(=O)COc1ccc(Cl)cc1. The summed E-state index contributed by atoms with van der Waals surface area (Å²) >= 11 is 5.95. The Labute approximate surface area is 338 Å². The number of halogens is 1. The third-order valence-electron chi connectivity index (χ3n) is 9.07. The Morgan fingerprint density at radius 2 is 1.40 bits per heavy atom. The molecular formula is C40H46ClN11O6. The number of hydrogen-bond acceptors (Lipinski definition) is 8. The quantitative estimate of drug-likeness (QED) is 0.0291. The Balaban J connectivity index is 1.34. The summed E-state index contributed by atoms with van der Waals surface area (Å²) in [5, 5.41) is 12.3. The van der Waals surface area contributed by atoms with Crippen molar-refractivity contribution < 1.29 is 28.7 Å². The summed E-state index contributed by atoms with van der Waals surface area (Å²) in [6, 6.07) is 18.1. The molecule has 0 saturated heterocycles. The molecular weight excluding hydrogens is 766 g/mol. The Morgan fingerprint density at radius 1 is 0.741 bits per heavy atom. The van der Waals surface area contributed by atoms with Crippen LogP contribution < -0.4 is 43.2 Å². The van der Waals surface area contributed by atoms with Gasteiger partial charge < -0.3 is 53.2 Å². The van der Waals surface area contributed by atoms with Crippen LogP contribution in [-0.2, 0) is 43.2 Å². The summed E-state index contributed by atoms with van der Waals surface area (Å²) in [5.74, 6) is -3.20. The number of aliphatic imine (C=N–C) groups is 1. The number of aromatic amines is 2. The van der Waals surface area contributed by atoms with Gasteiger partial charge in [0.2, 0.25) is 23.6 Å². The molecule has 4 atom stereocenters. The van der Waals surface area contributed by atoms with E-state index in [1.807, 2.05) is 30.3 Å². The number of fused-ring (bicyclic) bond motifs is 1. The van der Waals surface area contributed by atoms with Gasteiger partial charge in [0.25, 0.3) is 5.91 Å². The maximum absolute atomic E-state index is 14.2. The number of benzene rings is 3. The first-order valence-corrected chi connectivity index (χ1v) is 18.8. The van der Waals surface area contributed by atoms with Crippen molar-refractivity contribution in [2.75, 3.05) is 13.2 Å². The largest absolute Gasteiger partial charge is 0.484 e. The van der Waals surface area contributed by atoms with Crippen LogP contribution in [0.1, 0.15) is 29.7 Å². The molecule has 0 radical (unpaired) electrons. The molecule has 12 N–H and O–H groups in total. The van der Waals surface area contributed by atoms with Crippen molar-refractivity contribution >= 4 is 58.0 Å². The molecule has 5 amide bonds. The van der Waals surface area contributed by atoms with Gasteiger partial charge in [0.15, 0.2) is 12.6 Å². The first kappa shape index (κ1) is 42.3. The Hall–Kier alpha value is -6.88. The van der Waals surface area contributed by atoms with Crippen molar-refractivity contribution in [1.82, 2.24) is 36.2 Å². The molecule has 3 aromatic carbocycles. The minimum absolute atomic E-state index is 0.00104. The van der Waals surface area contributed by atoms with Crippen LogP contribution in [0.15, 0.2) is 103 Å². The van der Waals surface area contributed by atoms with Gasteiger partial charge in [0.1, 0.15) is 29.9 Å². The minimum atomic E-state index is -1.23. The van der Waals surface area contributed by atoms with Gasteiger partial charge in [-0.2, -0.15) is 0 Å². The normalized spacial score (nSPS) is 13.0. The molecule has 17 nitrogen and oxygen atoms in total. The number of carbonyl (C=O) groups excluding carboxylic acids is 5. The highest BCUT2D eigenvalue weighted by molar-refractivity contribution is 6.30. The monoisotopic (exact) mass is 811 g/mol. The van der Waals surface area contributed by atoms with E-state index in [4.69, 9.17) is 33.5 Å². The fourth-order valence-electron chi connectivity index (χ4n) is 6.13. The van der Waals surface area contributed by atoms with E-state index in [1.54, 1.807) is 54.7 Å². The number of para-hydroxylation sites is 1. The summed E-state index contributed by atoms with van der Waals surface area (Å²) in [7, 11) is 0. The number of nitrogens with one attached hydrogen (secondary N) is 6. The van der Waals surface area contributed by atoms with Gasteiger partial charge >= 0.3 is 0 Å². The molecule has 5 aromatic rings. The Kier molecular flexibility index (Phi) is 15.2. The van der Waals surface area contributed by atoms with Crippen molar-refractivity contribution in [1.29, 1.82) is 0 Å². The lowest BCUT2D eigenvalue weighted by Gasteiger charge is -2.26. The zero-order valence-corrected chi connectivity index (χ0v) is 32.2. The molecule has 0 aliphatic carbocycles. The van der Waals surface area contributed by atoms with Crippen LogP contribution in [0.25, 0.3) is 10.9 Å². The van der Waals surface area contributed by atoms with Crippen molar-refractivity contribution in [2.45, 2.75) is 56.3 Å². The van der Waals surface area contributed by atoms with Crippen LogP contribution >= 0.6 is 11.6 Å². The number of rotatable bonds is 21. The first-order valence-electron chi connectivity index (χ1n) is 18.4. The number of guanidine groups is 1. The third kappa shape index (κ3) is 12.8. The molecule has 58 heavy (non-hydrogen) atoms. The third-order valence-corrected chi connectivity index (χ3v) is 9.32. The summed E-state index contributed by atoms with van der Waals surface area (Å²) in [6.07, 6.45) is 5.12. The van der Waals surface area contributed by atoms with E-state index in [0.717, 1.165) is 16.5 Å². The van der Waals surface area contributed by atoms with Gasteiger partial charge in [-0.05, 0) is 54.3 Å². The number of nitrogens with two attached hydrogens (primary N) is 3. The van der Waals surface area contributed by atoms with Crippen LogP contribution in [0.4, 0.5) is 0 Å². The second-order valence-electron chi connectivity index (χ2n) is 13.4. The lowest BCUT2D eigenvalue weighted by Crippen LogP contribution is -2.59. The molecule has 18 heteroatoms. The summed E-state index contributed by atoms with van der Waals surface area (Å²) < 4.78 is 5.57. The topological polar surface area (TPSA) is 278 Å². The maximum Gasteiger partial charge on any atom is 0.258 e. The average molecular weight is 812 g/mol. The highest BCUT2D eigenvalue weighted by atomic mass is 35.5. The van der Waals surface area contributed by atoms with E-state index in [0.29, 0.717) is 22.0 Å². The van der Waals surface area contributed by atoms with E-state index in [9.17, 15) is 24.0 Å². The number of carbonyl (C=O) groups is 5. The predicted molar refractivity (Wildman–Crippen MR) is 218 cm³/mol. The number of primary amides is 1. The fourth-order valence-corrected chi connectivity index (χ4v) is 6.26. The molecule has 0 saturated carbocycles. The number of imidazole rings is 1. The number of nitrogens with zero attached hydrogens (tertiary/aromatic N) is 2. The Morgan fingerprint density at radius 3 is 2.09 bits per heavy atom. The average Bonchev–Trinajstić information content (AvgIpc) is 3.88. The summed E-state index contributed by atoms with van der Waals surface area (Å²) in [6.45, 7) is -0.261. The van der Waals surface area contributed by atoms with E-state index < -0.39 is 60.3 Å². The Bertz CT molecular complexity index is 2170. The van der Waals surface area contributed by atoms with Crippen molar-refractivity contribution in [3.05, 3.63) is 119 Å². The predicted octanol–water partition coefficient (Wildman–Crippen LogP) is 1.13. The van der Waals surface area contributed by atoms with Gasteiger partial charge in [-0.25, -0.2) is 4.98 Å². The van der Waals surface area contributed by atoms with Crippen molar-refractivity contribution in [3.63, 3.8) is 0 Å². The number of amides is 5. The smallest absolute Gasteiger partial charge is 0.258 e. The second kappa shape index (κ2) is 20.9. The maximum atomic E-state index is 14.2. The molecule has 0 fully saturated rings. The molecule has 0 unspecified atom stereocenters. The molecule has 0 aliphatic heterocycles.